The van der Waals surface area contributed by atoms with Crippen LogP contribution in [0.2, 0.25) is 0 Å². The summed E-state index contributed by atoms with van der Waals surface area (Å²) in [4.78, 5) is 25.4. The van der Waals surface area contributed by atoms with E-state index in [0.29, 0.717) is 69.3 Å². The quantitative estimate of drug-likeness (QED) is 0.0430. The van der Waals surface area contributed by atoms with Crippen LogP contribution < -0.4 is 0 Å². The van der Waals surface area contributed by atoms with Gasteiger partial charge in [0, 0.05) is 44.4 Å². The average Bonchev–Trinajstić information content (AvgIpc) is 3.80. The number of carboxylic acids is 1. The van der Waals surface area contributed by atoms with Crippen LogP contribution in [0.15, 0.2) is 84.6 Å². The van der Waals surface area contributed by atoms with Crippen molar-refractivity contribution >= 4 is 11.9 Å². The number of hydrogen-bond acceptors (Lipinski definition) is 13. The van der Waals surface area contributed by atoms with Crippen molar-refractivity contribution in [3.63, 3.8) is 0 Å². The summed E-state index contributed by atoms with van der Waals surface area (Å²) in [6, 6.07) is 0. The predicted octanol–water partition coefficient (Wildman–Crippen LogP) is 11.1. The Morgan fingerprint density at radius 1 is 0.882 bits per heavy atom. The second-order valence-electron chi connectivity index (χ2n) is 23.6. The Kier molecular flexibility index (Phi) is 22.0. The number of carboxylic acid groups (broad SMARTS) is 1. The van der Waals surface area contributed by atoms with Crippen LogP contribution >= 0.6 is 0 Å². The van der Waals surface area contributed by atoms with Crippen molar-refractivity contribution in [1.29, 1.82) is 0 Å². The van der Waals surface area contributed by atoms with Gasteiger partial charge in [0.15, 0.2) is 23.3 Å². The first-order chi connectivity index (χ1) is 36.4. The van der Waals surface area contributed by atoms with E-state index in [1.165, 1.54) is 6.92 Å². The standard InChI is InChI=1S/C62H94O14/c1-8-9-10-11-12-13-14-15-16-17-18-19-20-21-22-25-53(64)71-52-29-28-48(41-59(7,68)58(66)67)73-62(52)40-42(2)38-51(74-62)43(3)26-27-47-31-35-61(72-47)36-32-50-57(76-61)54(65)46(6)56(70-50)49(63)39-45(5)55-44(4)30-34-60(75-55)33-23-24-37-69-60/h9-10,12-13,15-16,18-19,26-27,40,43-45,47-52,54-57,63,65,68H,6,8,11,14,17,20-25,28-39,41H2,1-5,7H3,(H,66,67)/b10-9+,13-12+,16-15+,19-18+,27-26?/t43-,44-,45+,47+,48+,49+,50-,51+,52-,54-,55+,56+,57-,59-,60+,61-,62-/m1/s1. The Hall–Kier alpha value is -3.28. The molecule has 0 aromatic heterocycles. The third-order valence-corrected chi connectivity index (χ3v) is 17.0. The second kappa shape index (κ2) is 27.7. The number of hydrogen-bond donors (Lipinski definition) is 4. The molecule has 14 heteroatoms. The monoisotopic (exact) mass is 1060 g/mol. The van der Waals surface area contributed by atoms with Crippen LogP contribution in [-0.2, 0) is 47.5 Å². The van der Waals surface area contributed by atoms with Gasteiger partial charge in [0.1, 0.15) is 18.3 Å². The summed E-state index contributed by atoms with van der Waals surface area (Å²) in [5.41, 5.74) is -0.630. The number of aliphatic hydroxyl groups excluding tert-OH is 2. The lowest BCUT2D eigenvalue weighted by atomic mass is 9.79. The third kappa shape index (κ3) is 16.0. The highest BCUT2D eigenvalue weighted by Gasteiger charge is 2.55. The number of aliphatic carboxylic acids is 1. The minimum atomic E-state index is -2.02. The largest absolute Gasteiger partial charge is 0.479 e. The van der Waals surface area contributed by atoms with Gasteiger partial charge < -0.3 is 58.3 Å². The van der Waals surface area contributed by atoms with E-state index >= 15 is 0 Å². The Labute approximate surface area is 454 Å². The maximum absolute atomic E-state index is 13.4. The van der Waals surface area contributed by atoms with E-state index < -0.39 is 71.7 Å². The maximum Gasteiger partial charge on any atom is 0.335 e. The van der Waals surface area contributed by atoms with Gasteiger partial charge in [-0.25, -0.2) is 4.79 Å². The normalized spacial score (nSPS) is 37.4. The van der Waals surface area contributed by atoms with E-state index in [9.17, 15) is 30.0 Å². The molecule has 14 nitrogen and oxygen atoms in total. The molecule has 0 unspecified atom stereocenters. The Bertz CT molecular complexity index is 2080. The zero-order valence-electron chi connectivity index (χ0n) is 46.7. The summed E-state index contributed by atoms with van der Waals surface area (Å²) in [6.07, 6.45) is 32.9. The molecule has 0 amide bonds. The van der Waals surface area contributed by atoms with E-state index in [1.807, 2.05) is 19.1 Å². The Morgan fingerprint density at radius 2 is 1.59 bits per heavy atom. The predicted molar refractivity (Wildman–Crippen MR) is 291 cm³/mol. The highest BCUT2D eigenvalue weighted by Crippen LogP contribution is 2.48. The summed E-state index contributed by atoms with van der Waals surface area (Å²) >= 11 is 0. The number of ether oxygens (including phenoxy) is 8. The number of unbranched alkanes of at least 4 members (excludes halogenated alkanes) is 2. The van der Waals surface area contributed by atoms with Crippen LogP contribution in [0.4, 0.5) is 0 Å². The van der Waals surface area contributed by atoms with Gasteiger partial charge in [-0.15, -0.1) is 0 Å². The molecule has 0 saturated carbocycles. The highest BCUT2D eigenvalue weighted by molar-refractivity contribution is 5.76. The molecule has 6 saturated heterocycles. The first-order valence-corrected chi connectivity index (χ1v) is 29.2. The van der Waals surface area contributed by atoms with Crippen molar-refractivity contribution in [1.82, 2.24) is 0 Å². The van der Waals surface area contributed by atoms with E-state index in [4.69, 9.17) is 37.9 Å². The summed E-state index contributed by atoms with van der Waals surface area (Å²) in [5.74, 6) is -4.36. The molecule has 3 spiro atoms. The van der Waals surface area contributed by atoms with Gasteiger partial charge in [0.25, 0.3) is 0 Å². The number of fused-ring (bicyclic) bond motifs is 1. The molecular formula is C62H94O14. The highest BCUT2D eigenvalue weighted by atomic mass is 16.7. The topological polar surface area (TPSA) is 189 Å². The Balaban J connectivity index is 0.901. The summed E-state index contributed by atoms with van der Waals surface area (Å²) in [6.45, 7) is 16.7. The molecule has 7 heterocycles. The molecule has 0 bridgehead atoms. The van der Waals surface area contributed by atoms with E-state index in [-0.39, 0.29) is 49.0 Å². The van der Waals surface area contributed by atoms with Crippen molar-refractivity contribution in [3.05, 3.63) is 84.6 Å². The summed E-state index contributed by atoms with van der Waals surface area (Å²) < 4.78 is 52.5. The number of aliphatic hydroxyl groups is 3. The first-order valence-electron chi connectivity index (χ1n) is 29.2. The Morgan fingerprint density at radius 3 is 2.30 bits per heavy atom. The fourth-order valence-electron chi connectivity index (χ4n) is 12.5. The van der Waals surface area contributed by atoms with Crippen LogP contribution in [0, 0.1) is 17.8 Å². The number of rotatable bonds is 23. The zero-order valence-corrected chi connectivity index (χ0v) is 46.7. The SMILES string of the molecule is C=C1[C@@H](O)[C@@H]2O[C@]3(CC[C@H](C=C[C@@H](C)[C@@H]4CC(C)=C[C@@]5(O[C@H](C[C@@](C)(O)C(=O)O)CC[C@H]5OC(=O)CCCC/C=C/C/C=C/C/C=C/C/C=C/CC)O4)O3)CC[C@H]2O[C@@H]1[C@@H](O)C[C@H](C)[C@H]1O[C@@]2(CCCCO2)CC[C@H]1C. The summed E-state index contributed by atoms with van der Waals surface area (Å²) in [5, 5.41) is 43.9. The molecular weight excluding hydrogens is 969 g/mol. The third-order valence-electron chi connectivity index (χ3n) is 17.0. The molecule has 7 aliphatic rings. The molecule has 4 N–H and O–H groups in total. The lowest BCUT2D eigenvalue weighted by Crippen LogP contribution is -2.60. The number of carbonyl (C=O) groups excluding carboxylic acids is 1. The lowest BCUT2D eigenvalue weighted by molar-refractivity contribution is -0.322. The second-order valence-corrected chi connectivity index (χ2v) is 23.6. The van der Waals surface area contributed by atoms with Crippen LogP contribution in [0.3, 0.4) is 0 Å². The number of carbonyl (C=O) groups is 2. The fourth-order valence-corrected chi connectivity index (χ4v) is 12.5. The van der Waals surface area contributed by atoms with Crippen molar-refractivity contribution in [2.75, 3.05) is 6.61 Å². The molecule has 0 radical (unpaired) electrons. The van der Waals surface area contributed by atoms with Gasteiger partial charge >= 0.3 is 11.9 Å². The van der Waals surface area contributed by atoms with Crippen molar-refractivity contribution < 1.29 is 67.9 Å². The molecule has 76 heavy (non-hydrogen) atoms. The molecule has 6 fully saturated rings. The smallest absolute Gasteiger partial charge is 0.335 e. The molecule has 426 valence electrons. The first kappa shape index (κ1) is 60.4. The number of esters is 1. The van der Waals surface area contributed by atoms with Gasteiger partial charge in [0.2, 0.25) is 5.79 Å². The van der Waals surface area contributed by atoms with Crippen molar-refractivity contribution in [2.45, 2.75) is 267 Å². The van der Waals surface area contributed by atoms with Gasteiger partial charge in [-0.1, -0.05) is 101 Å². The molecule has 7 aliphatic heterocycles. The summed E-state index contributed by atoms with van der Waals surface area (Å²) in [7, 11) is 0. The van der Waals surface area contributed by atoms with E-state index in [0.717, 1.165) is 82.8 Å². The lowest BCUT2D eigenvalue weighted by Gasteiger charge is -2.50. The van der Waals surface area contributed by atoms with Crippen LogP contribution in [0.25, 0.3) is 0 Å². The van der Waals surface area contributed by atoms with E-state index in [2.05, 4.69) is 89.0 Å². The van der Waals surface area contributed by atoms with E-state index in [1.54, 1.807) is 0 Å². The fraction of sp³-hybridized carbons (Fsp3) is 0.742. The van der Waals surface area contributed by atoms with Crippen LogP contribution in [-0.4, -0.2) is 123 Å². The molecule has 0 aliphatic carbocycles. The van der Waals surface area contributed by atoms with Gasteiger partial charge in [-0.05, 0) is 140 Å². The van der Waals surface area contributed by atoms with Gasteiger partial charge in [0.05, 0.1) is 43.2 Å². The molecule has 17 atom stereocenters. The van der Waals surface area contributed by atoms with Crippen LogP contribution in [0.5, 0.6) is 0 Å². The van der Waals surface area contributed by atoms with Crippen molar-refractivity contribution in [2.24, 2.45) is 17.8 Å². The van der Waals surface area contributed by atoms with Crippen molar-refractivity contribution in [3.8, 4) is 0 Å². The zero-order chi connectivity index (χ0) is 54.5. The molecule has 0 aromatic carbocycles. The number of allylic oxidation sites excluding steroid dienone is 8. The molecule has 7 rings (SSSR count). The van der Waals surface area contributed by atoms with Gasteiger partial charge in [-0.3, -0.25) is 4.79 Å². The average molecular weight is 1060 g/mol. The minimum absolute atomic E-state index is 0.0350. The van der Waals surface area contributed by atoms with Crippen LogP contribution in [0.1, 0.15) is 183 Å². The molecule has 0 aromatic rings. The minimum Gasteiger partial charge on any atom is -0.479 e. The maximum atomic E-state index is 13.4. The van der Waals surface area contributed by atoms with Gasteiger partial charge in [-0.2, -0.15) is 0 Å².